The number of hydrogen-bond donors (Lipinski definition) is 1. The number of benzene rings is 1. The van der Waals surface area contributed by atoms with Crippen LogP contribution in [0.5, 0.6) is 0 Å². The topological polar surface area (TPSA) is 41.6 Å². The maximum absolute atomic E-state index is 12.8. The Morgan fingerprint density at radius 3 is 2.71 bits per heavy atom. The monoisotopic (exact) mass is 422 g/mol. The summed E-state index contributed by atoms with van der Waals surface area (Å²) in [6.07, 6.45) is 9.72. The van der Waals surface area contributed by atoms with E-state index < -0.39 is 0 Å². The van der Waals surface area contributed by atoms with E-state index in [4.69, 9.17) is 4.74 Å². The maximum atomic E-state index is 12.8. The number of fused-ring (bicyclic) bond motifs is 2. The number of ether oxygens (including phenoxy) is 1. The van der Waals surface area contributed by atoms with Crippen LogP contribution in [0, 0.1) is 23.2 Å². The fraction of sp³-hybridized carbons (Fsp3) is 0.667. The minimum atomic E-state index is -0.0153. The first-order valence-corrected chi connectivity index (χ1v) is 12.4. The highest BCUT2D eigenvalue weighted by Gasteiger charge is 2.51. The first-order valence-electron chi connectivity index (χ1n) is 12.4. The van der Waals surface area contributed by atoms with Crippen LogP contribution in [0.15, 0.2) is 42.0 Å². The second-order valence-corrected chi connectivity index (χ2v) is 10.8. The molecule has 4 aliphatic rings. The van der Waals surface area contributed by atoms with Crippen LogP contribution < -0.4 is 5.32 Å². The summed E-state index contributed by atoms with van der Waals surface area (Å²) in [7, 11) is 0. The number of esters is 1. The number of likely N-dealkylation sites (tertiary alicyclic amines) is 1. The molecule has 4 nitrogen and oxygen atoms in total. The van der Waals surface area contributed by atoms with Crippen molar-refractivity contribution in [2.45, 2.75) is 71.1 Å². The molecule has 0 aromatic heterocycles. The van der Waals surface area contributed by atoms with Crippen molar-refractivity contribution in [1.29, 1.82) is 0 Å². The van der Waals surface area contributed by atoms with Gasteiger partial charge in [0.2, 0.25) is 0 Å². The van der Waals surface area contributed by atoms with Crippen molar-refractivity contribution in [3.8, 4) is 0 Å². The van der Waals surface area contributed by atoms with Gasteiger partial charge < -0.3 is 10.1 Å². The smallest absolute Gasteiger partial charge is 0.311 e. The Morgan fingerprint density at radius 1 is 1.16 bits per heavy atom. The molecule has 0 spiro atoms. The van der Waals surface area contributed by atoms with E-state index in [1.807, 2.05) is 0 Å². The van der Waals surface area contributed by atoms with Gasteiger partial charge >= 0.3 is 5.97 Å². The van der Waals surface area contributed by atoms with Crippen LogP contribution in [0.2, 0.25) is 0 Å². The fourth-order valence-electron chi connectivity index (χ4n) is 6.71. The van der Waals surface area contributed by atoms with Gasteiger partial charge in [-0.3, -0.25) is 9.69 Å². The van der Waals surface area contributed by atoms with Gasteiger partial charge in [-0.2, -0.15) is 0 Å². The van der Waals surface area contributed by atoms with Gasteiger partial charge in [0, 0.05) is 25.0 Å². The molecule has 2 saturated heterocycles. The summed E-state index contributed by atoms with van der Waals surface area (Å²) in [6, 6.07) is 11.3. The summed E-state index contributed by atoms with van der Waals surface area (Å²) in [4.78, 5) is 15.3. The quantitative estimate of drug-likeness (QED) is 0.558. The number of piperidine rings is 1. The summed E-state index contributed by atoms with van der Waals surface area (Å²) in [6.45, 7) is 8.81. The number of rotatable bonds is 5. The first kappa shape index (κ1) is 21.2. The Balaban J connectivity index is 1.16. The zero-order valence-electron chi connectivity index (χ0n) is 19.2. The van der Waals surface area contributed by atoms with Gasteiger partial charge in [-0.05, 0) is 62.1 Å². The van der Waals surface area contributed by atoms with Crippen molar-refractivity contribution in [3.63, 3.8) is 0 Å². The van der Waals surface area contributed by atoms with Crippen molar-refractivity contribution in [2.75, 3.05) is 19.6 Å². The summed E-state index contributed by atoms with van der Waals surface area (Å²) in [5.41, 5.74) is 3.24. The van der Waals surface area contributed by atoms with Crippen molar-refractivity contribution in [3.05, 3.63) is 47.5 Å². The van der Waals surface area contributed by atoms with Crippen LogP contribution in [-0.4, -0.2) is 42.6 Å². The van der Waals surface area contributed by atoms with Gasteiger partial charge in [0.1, 0.15) is 6.10 Å². The van der Waals surface area contributed by atoms with E-state index in [2.05, 4.69) is 60.5 Å². The van der Waals surface area contributed by atoms with Crippen LogP contribution in [-0.2, 0) is 16.1 Å². The molecule has 0 bridgehead atoms. The Morgan fingerprint density at radius 2 is 1.94 bits per heavy atom. The highest BCUT2D eigenvalue weighted by Crippen LogP contribution is 2.53. The molecule has 3 fully saturated rings. The average molecular weight is 423 g/mol. The SMILES string of the molecule is CC1CCCC2(C)CC3OC(=O)C(CNC4CCN(Cc5ccccc5)CC4)C3C=C12. The first-order chi connectivity index (χ1) is 15.0. The van der Waals surface area contributed by atoms with E-state index in [9.17, 15) is 4.79 Å². The van der Waals surface area contributed by atoms with Crippen LogP contribution in [0.1, 0.15) is 57.9 Å². The van der Waals surface area contributed by atoms with Crippen molar-refractivity contribution < 1.29 is 9.53 Å². The highest BCUT2D eigenvalue weighted by atomic mass is 16.6. The lowest BCUT2D eigenvalue weighted by atomic mass is 9.59. The summed E-state index contributed by atoms with van der Waals surface area (Å²) in [5, 5.41) is 3.75. The molecule has 1 N–H and O–H groups in total. The van der Waals surface area contributed by atoms with E-state index in [0.717, 1.165) is 45.4 Å². The lowest BCUT2D eigenvalue weighted by Crippen LogP contribution is -2.45. The minimum absolute atomic E-state index is 0.0153. The normalized spacial score (nSPS) is 36.5. The molecule has 5 unspecified atom stereocenters. The number of nitrogens with one attached hydrogen (secondary N) is 1. The number of carbonyl (C=O) groups excluding carboxylic acids is 1. The van der Waals surface area contributed by atoms with E-state index in [1.54, 1.807) is 5.57 Å². The lowest BCUT2D eigenvalue weighted by molar-refractivity contribution is -0.145. The Kier molecular flexibility index (Phi) is 5.96. The molecule has 1 saturated carbocycles. The van der Waals surface area contributed by atoms with Crippen LogP contribution in [0.25, 0.3) is 0 Å². The summed E-state index contributed by atoms with van der Waals surface area (Å²) < 4.78 is 5.92. The van der Waals surface area contributed by atoms with E-state index in [1.165, 1.54) is 24.8 Å². The van der Waals surface area contributed by atoms with Gasteiger partial charge in [-0.1, -0.05) is 62.2 Å². The molecule has 2 heterocycles. The molecule has 4 heteroatoms. The molecule has 168 valence electrons. The van der Waals surface area contributed by atoms with Crippen LogP contribution >= 0.6 is 0 Å². The Hall–Kier alpha value is -1.65. The van der Waals surface area contributed by atoms with Crippen LogP contribution in [0.3, 0.4) is 0 Å². The van der Waals surface area contributed by atoms with Gasteiger partial charge in [-0.15, -0.1) is 0 Å². The van der Waals surface area contributed by atoms with Crippen molar-refractivity contribution in [1.82, 2.24) is 10.2 Å². The van der Waals surface area contributed by atoms with Crippen molar-refractivity contribution in [2.24, 2.45) is 23.2 Å². The zero-order chi connectivity index (χ0) is 21.4. The van der Waals surface area contributed by atoms with E-state index in [0.29, 0.717) is 12.0 Å². The standard InChI is InChI=1S/C27H38N2O2/c1-19-7-6-12-27(2)16-25-22(15-24(19)27)23(26(30)31-25)17-28-21-10-13-29(14-11-21)18-20-8-4-3-5-9-20/h3-5,8-9,15,19,21-23,25,28H,6-7,10-14,16-18H2,1-2H3. The predicted molar refractivity (Wildman–Crippen MR) is 123 cm³/mol. The van der Waals surface area contributed by atoms with Crippen molar-refractivity contribution >= 4 is 5.97 Å². The Labute approximate surface area is 187 Å². The molecule has 0 amide bonds. The highest BCUT2D eigenvalue weighted by molar-refractivity contribution is 5.76. The zero-order valence-corrected chi connectivity index (χ0v) is 19.2. The largest absolute Gasteiger partial charge is 0.461 e. The van der Waals surface area contributed by atoms with Gasteiger partial charge in [0.05, 0.1) is 5.92 Å². The van der Waals surface area contributed by atoms with Gasteiger partial charge in [0.25, 0.3) is 0 Å². The lowest BCUT2D eigenvalue weighted by Gasteiger charge is -2.46. The molecule has 0 radical (unpaired) electrons. The molecule has 1 aromatic rings. The summed E-state index contributed by atoms with van der Waals surface area (Å²) in [5.74, 6) is 0.925. The molecule has 31 heavy (non-hydrogen) atoms. The molecule has 1 aromatic carbocycles. The minimum Gasteiger partial charge on any atom is -0.461 e. The Bertz CT molecular complexity index is 814. The molecule has 5 rings (SSSR count). The molecule has 2 aliphatic carbocycles. The van der Waals surface area contributed by atoms with Gasteiger partial charge in [0.15, 0.2) is 0 Å². The molecule has 5 atom stereocenters. The predicted octanol–water partition coefficient (Wildman–Crippen LogP) is 4.55. The fourth-order valence-corrected chi connectivity index (χ4v) is 6.71. The molecular formula is C27H38N2O2. The molecule has 2 aliphatic heterocycles. The second-order valence-electron chi connectivity index (χ2n) is 10.8. The maximum Gasteiger partial charge on any atom is 0.311 e. The average Bonchev–Trinajstić information content (AvgIpc) is 3.06. The third-order valence-electron chi connectivity index (χ3n) is 8.54. The van der Waals surface area contributed by atoms with Gasteiger partial charge in [-0.25, -0.2) is 0 Å². The number of allylic oxidation sites excluding steroid dienone is 1. The number of hydrogen-bond acceptors (Lipinski definition) is 4. The molecular weight excluding hydrogens is 384 g/mol. The number of carbonyl (C=O) groups is 1. The third-order valence-corrected chi connectivity index (χ3v) is 8.54. The second kappa shape index (κ2) is 8.71. The third kappa shape index (κ3) is 4.34. The van der Waals surface area contributed by atoms with Crippen LogP contribution in [0.4, 0.5) is 0 Å². The van der Waals surface area contributed by atoms with E-state index in [-0.39, 0.29) is 29.3 Å². The van der Waals surface area contributed by atoms with E-state index >= 15 is 0 Å². The summed E-state index contributed by atoms with van der Waals surface area (Å²) >= 11 is 0. The number of nitrogens with zero attached hydrogens (tertiary/aromatic N) is 1.